The van der Waals surface area contributed by atoms with E-state index in [4.69, 9.17) is 4.74 Å². The zero-order valence-electron chi connectivity index (χ0n) is 32.6. The first kappa shape index (κ1) is 34.3. The van der Waals surface area contributed by atoms with E-state index >= 15 is 0 Å². The van der Waals surface area contributed by atoms with E-state index < -0.39 is 8.07 Å². The maximum atomic E-state index is 6.75. The van der Waals surface area contributed by atoms with Crippen molar-refractivity contribution in [2.45, 2.75) is 19.3 Å². The van der Waals surface area contributed by atoms with Gasteiger partial charge in [-0.1, -0.05) is 184 Å². The molecule has 0 saturated heterocycles. The summed E-state index contributed by atoms with van der Waals surface area (Å²) in [4.78, 5) is 2.44. The number of nitrogens with zero attached hydrogens (tertiary/aromatic N) is 1. The lowest BCUT2D eigenvalue weighted by Gasteiger charge is -2.39. The Morgan fingerprint density at radius 3 is 1.83 bits per heavy atom. The highest BCUT2D eigenvalue weighted by Crippen LogP contribution is 2.51. The summed E-state index contributed by atoms with van der Waals surface area (Å²) in [7, 11) is -2.76. The molecule has 58 heavy (non-hydrogen) atoms. The second-order valence-corrected chi connectivity index (χ2v) is 19.8. The molecule has 0 unspecified atom stereocenters. The molecule has 0 fully saturated rings. The Balaban J connectivity index is 1.06. The van der Waals surface area contributed by atoms with E-state index in [9.17, 15) is 0 Å². The highest BCUT2D eigenvalue weighted by atomic mass is 28.3. The average Bonchev–Trinajstić information content (AvgIpc) is 3.51. The molecule has 9 aromatic carbocycles. The van der Waals surface area contributed by atoms with Crippen molar-refractivity contribution in [1.82, 2.24) is 0 Å². The Bertz CT molecular complexity index is 2960. The fourth-order valence-corrected chi connectivity index (χ4v) is 14.8. The van der Waals surface area contributed by atoms with Gasteiger partial charge in [-0.3, -0.25) is 0 Å². The molecule has 0 saturated carbocycles. The second kappa shape index (κ2) is 13.3. The van der Waals surface area contributed by atoms with E-state index in [1.165, 1.54) is 59.3 Å². The summed E-state index contributed by atoms with van der Waals surface area (Å²) in [6.07, 6.45) is 0. The van der Waals surface area contributed by atoms with Crippen LogP contribution < -0.4 is 30.4 Å². The highest BCUT2D eigenvalue weighted by molar-refractivity contribution is 7.20. The van der Waals surface area contributed by atoms with Crippen molar-refractivity contribution in [2.75, 3.05) is 4.90 Å². The van der Waals surface area contributed by atoms with E-state index in [1.807, 2.05) is 0 Å². The molecule has 1 aliphatic carbocycles. The zero-order chi connectivity index (χ0) is 38.8. The van der Waals surface area contributed by atoms with Gasteiger partial charge in [0, 0.05) is 22.2 Å². The molecule has 3 heteroatoms. The normalized spacial score (nSPS) is 14.1. The van der Waals surface area contributed by atoms with Gasteiger partial charge in [0.25, 0.3) is 0 Å². The first-order valence-electron chi connectivity index (χ1n) is 20.2. The van der Waals surface area contributed by atoms with E-state index in [1.54, 1.807) is 0 Å². The van der Waals surface area contributed by atoms with Crippen LogP contribution in [0.5, 0.6) is 11.5 Å². The molecule has 0 bridgehead atoms. The fourth-order valence-electron chi connectivity index (χ4n) is 9.85. The molecule has 9 aromatic rings. The minimum Gasteiger partial charge on any atom is -0.458 e. The summed E-state index contributed by atoms with van der Waals surface area (Å²) in [5, 5.41) is 7.67. The summed E-state index contributed by atoms with van der Waals surface area (Å²) >= 11 is 0. The maximum absolute atomic E-state index is 6.75. The molecule has 276 valence electrons. The number of para-hydroxylation sites is 1. The Kier molecular flexibility index (Phi) is 7.89. The van der Waals surface area contributed by atoms with Crippen LogP contribution in [0.15, 0.2) is 212 Å². The molecule has 2 nitrogen and oxygen atoms in total. The van der Waals surface area contributed by atoms with Crippen molar-refractivity contribution in [3.05, 3.63) is 223 Å². The smallest absolute Gasteiger partial charge is 0.188 e. The van der Waals surface area contributed by atoms with Gasteiger partial charge in [-0.25, -0.2) is 0 Å². The monoisotopic (exact) mass is 759 g/mol. The minimum absolute atomic E-state index is 0.106. The number of anilines is 3. The number of ether oxygens (including phenoxy) is 1. The fraction of sp³-hybridized carbons (Fsp3) is 0.0545. The predicted octanol–water partition coefficient (Wildman–Crippen LogP) is 11.8. The summed E-state index contributed by atoms with van der Waals surface area (Å²) < 4.78 is 6.75. The van der Waals surface area contributed by atoms with Crippen LogP contribution in [0.2, 0.25) is 0 Å². The summed E-state index contributed by atoms with van der Waals surface area (Å²) in [6.45, 7) is 4.71. The maximum Gasteiger partial charge on any atom is 0.188 e. The summed E-state index contributed by atoms with van der Waals surface area (Å²) in [5.74, 6) is 1.88. The van der Waals surface area contributed by atoms with Crippen molar-refractivity contribution in [1.29, 1.82) is 0 Å². The van der Waals surface area contributed by atoms with Crippen LogP contribution in [0.1, 0.15) is 25.0 Å². The molecule has 1 aliphatic heterocycles. The van der Waals surface area contributed by atoms with Crippen molar-refractivity contribution >= 4 is 56.7 Å². The van der Waals surface area contributed by atoms with Crippen LogP contribution in [-0.4, -0.2) is 8.07 Å². The van der Waals surface area contributed by atoms with Gasteiger partial charge in [0.15, 0.2) is 8.07 Å². The molecule has 0 radical (unpaired) electrons. The molecule has 1 heterocycles. The number of benzene rings is 9. The van der Waals surface area contributed by atoms with Gasteiger partial charge in [0.05, 0.1) is 5.69 Å². The average molecular weight is 760 g/mol. The van der Waals surface area contributed by atoms with Crippen molar-refractivity contribution in [3.8, 4) is 33.8 Å². The standard InChI is InChI=1S/C55H41NOSi/c1-55(2)48-24-12-11-23-46(48)47-34-33-42(37-49(47)55)56(50-25-15-17-39-16-9-10-22-45(39)50)41-31-28-38(29-32-41)40-30-35-52-54(36-40)58(43-18-5-3-6-19-43,44-20-7-4-8-21-44)53-27-14-13-26-51(53)57-52/h3-37H,1-2H3. The van der Waals surface area contributed by atoms with E-state index in [2.05, 4.69) is 231 Å². The Hall–Kier alpha value is -6.94. The van der Waals surface area contributed by atoms with E-state index in [0.717, 1.165) is 34.1 Å². The topological polar surface area (TPSA) is 12.5 Å². The SMILES string of the molecule is CC1(C)c2ccccc2-c2ccc(N(c3ccc(-c4ccc5c(c4)[Si](c4ccccc4)(c4ccccc4)c4ccccc4O5)cc3)c3cccc4ccccc34)cc21. The third kappa shape index (κ3) is 5.17. The van der Waals surface area contributed by atoms with Crippen LogP contribution in [0.3, 0.4) is 0 Å². The van der Waals surface area contributed by atoms with Gasteiger partial charge in [-0.05, 0) is 102 Å². The molecule has 0 N–H and O–H groups in total. The molecule has 0 spiro atoms. The third-order valence-corrected chi connectivity index (χ3v) is 17.4. The first-order valence-corrected chi connectivity index (χ1v) is 22.2. The third-order valence-electron chi connectivity index (χ3n) is 12.6. The van der Waals surface area contributed by atoms with Crippen molar-refractivity contribution in [3.63, 3.8) is 0 Å². The zero-order valence-corrected chi connectivity index (χ0v) is 33.6. The van der Waals surface area contributed by atoms with Gasteiger partial charge in [-0.15, -0.1) is 0 Å². The van der Waals surface area contributed by atoms with Crippen LogP contribution in [0, 0.1) is 0 Å². The predicted molar refractivity (Wildman–Crippen MR) is 245 cm³/mol. The minimum atomic E-state index is -2.76. The van der Waals surface area contributed by atoms with Crippen LogP contribution in [0.25, 0.3) is 33.0 Å². The number of rotatable bonds is 6. The lowest BCUT2D eigenvalue weighted by Crippen LogP contribution is -2.76. The van der Waals surface area contributed by atoms with Crippen LogP contribution in [0.4, 0.5) is 17.1 Å². The molecular weight excluding hydrogens is 719 g/mol. The largest absolute Gasteiger partial charge is 0.458 e. The van der Waals surface area contributed by atoms with Crippen molar-refractivity contribution < 1.29 is 4.74 Å². The lowest BCUT2D eigenvalue weighted by atomic mass is 9.82. The quantitative estimate of drug-likeness (QED) is 0.157. The number of fused-ring (bicyclic) bond motifs is 6. The first-order chi connectivity index (χ1) is 28.5. The lowest BCUT2D eigenvalue weighted by molar-refractivity contribution is 0.487. The molecule has 0 aromatic heterocycles. The van der Waals surface area contributed by atoms with Gasteiger partial charge in [-0.2, -0.15) is 0 Å². The van der Waals surface area contributed by atoms with E-state index in [0.29, 0.717) is 0 Å². The number of hydrogen-bond acceptors (Lipinski definition) is 2. The highest BCUT2D eigenvalue weighted by Gasteiger charge is 2.48. The second-order valence-electron chi connectivity index (χ2n) is 16.1. The van der Waals surface area contributed by atoms with E-state index in [-0.39, 0.29) is 5.41 Å². The summed E-state index contributed by atoms with van der Waals surface area (Å²) in [6, 6.07) is 78.1. The Labute approximate surface area is 341 Å². The van der Waals surface area contributed by atoms with Crippen LogP contribution >= 0.6 is 0 Å². The van der Waals surface area contributed by atoms with Gasteiger partial charge in [0.2, 0.25) is 0 Å². The van der Waals surface area contributed by atoms with Gasteiger partial charge in [0.1, 0.15) is 11.5 Å². The number of hydrogen-bond donors (Lipinski definition) is 0. The van der Waals surface area contributed by atoms with Gasteiger partial charge >= 0.3 is 0 Å². The van der Waals surface area contributed by atoms with Crippen molar-refractivity contribution in [2.24, 2.45) is 0 Å². The molecule has 11 rings (SSSR count). The Morgan fingerprint density at radius 1 is 0.431 bits per heavy atom. The van der Waals surface area contributed by atoms with Crippen LogP contribution in [-0.2, 0) is 5.41 Å². The molecule has 0 atom stereocenters. The molecule has 2 aliphatic rings. The molecule has 0 amide bonds. The Morgan fingerprint density at radius 2 is 1.03 bits per heavy atom. The van der Waals surface area contributed by atoms with Gasteiger partial charge < -0.3 is 9.64 Å². The summed E-state index contributed by atoms with van der Waals surface area (Å²) in [5.41, 5.74) is 11.0. The molecular formula is C55H41NOSi.